The van der Waals surface area contributed by atoms with Crippen molar-refractivity contribution >= 4 is 5.91 Å². The van der Waals surface area contributed by atoms with Crippen LogP contribution in [0.3, 0.4) is 0 Å². The molecule has 2 unspecified atom stereocenters. The number of nitrogens with one attached hydrogen (secondary N) is 1. The highest BCUT2D eigenvalue weighted by molar-refractivity contribution is 5.79. The van der Waals surface area contributed by atoms with Gasteiger partial charge >= 0.3 is 0 Å². The maximum Gasteiger partial charge on any atom is 0.224 e. The van der Waals surface area contributed by atoms with Crippen LogP contribution < -0.4 is 11.1 Å². The van der Waals surface area contributed by atoms with E-state index in [1.165, 1.54) is 12.8 Å². The molecule has 104 valence electrons. The number of nitrogens with zero attached hydrogens (tertiary/aromatic N) is 1. The Bertz CT molecular complexity index is 289. The summed E-state index contributed by atoms with van der Waals surface area (Å²) in [6.45, 7) is 6.92. The Morgan fingerprint density at radius 1 is 1.39 bits per heavy atom. The second kappa shape index (κ2) is 6.02. The molecule has 0 bridgehead atoms. The summed E-state index contributed by atoms with van der Waals surface area (Å²) in [5.74, 6) is 0.671. The first-order valence-corrected chi connectivity index (χ1v) is 7.34. The largest absolute Gasteiger partial charge is 0.352 e. The van der Waals surface area contributed by atoms with Crippen LogP contribution in [0.1, 0.15) is 39.5 Å². The summed E-state index contributed by atoms with van der Waals surface area (Å²) in [7, 11) is 0. The van der Waals surface area contributed by atoms with E-state index >= 15 is 0 Å². The number of rotatable bonds is 6. The van der Waals surface area contributed by atoms with Crippen LogP contribution in [0.4, 0.5) is 0 Å². The van der Waals surface area contributed by atoms with Gasteiger partial charge in [0.05, 0.1) is 5.92 Å². The average Bonchev–Trinajstić information content (AvgIpc) is 3.07. The summed E-state index contributed by atoms with van der Waals surface area (Å²) in [5.41, 5.74) is 5.71. The van der Waals surface area contributed by atoms with E-state index in [1.807, 2.05) is 0 Å². The van der Waals surface area contributed by atoms with Gasteiger partial charge in [-0.1, -0.05) is 13.8 Å². The Hall–Kier alpha value is -0.610. The minimum Gasteiger partial charge on any atom is -0.352 e. The molecule has 1 saturated carbocycles. The Balaban J connectivity index is 1.75. The molecule has 1 aliphatic heterocycles. The lowest BCUT2D eigenvalue weighted by Crippen LogP contribution is -2.43. The molecule has 0 radical (unpaired) electrons. The van der Waals surface area contributed by atoms with Crippen molar-refractivity contribution in [2.24, 2.45) is 17.6 Å². The van der Waals surface area contributed by atoms with Crippen LogP contribution in [-0.2, 0) is 4.79 Å². The highest BCUT2D eigenvalue weighted by Gasteiger charge is 2.35. The standard InChI is InChI=1S/C14H27N3O/c1-10(2)7-11(8-15)14(18)16-12-5-6-17(9-12)13-3-4-13/h10-13H,3-9,15H2,1-2H3,(H,16,18). The van der Waals surface area contributed by atoms with E-state index in [2.05, 4.69) is 24.1 Å². The van der Waals surface area contributed by atoms with Gasteiger partial charge in [-0.05, 0) is 31.6 Å². The van der Waals surface area contributed by atoms with E-state index in [0.29, 0.717) is 18.5 Å². The second-order valence-corrected chi connectivity index (χ2v) is 6.28. The summed E-state index contributed by atoms with van der Waals surface area (Å²) in [5, 5.41) is 3.19. The van der Waals surface area contributed by atoms with Gasteiger partial charge in [-0.2, -0.15) is 0 Å². The molecular formula is C14H27N3O. The molecule has 0 spiro atoms. The first-order chi connectivity index (χ1) is 8.60. The third-order valence-electron chi connectivity index (χ3n) is 4.04. The maximum atomic E-state index is 12.1. The molecule has 2 fully saturated rings. The molecule has 3 N–H and O–H groups in total. The maximum absolute atomic E-state index is 12.1. The summed E-state index contributed by atoms with van der Waals surface area (Å²) >= 11 is 0. The van der Waals surface area contributed by atoms with E-state index < -0.39 is 0 Å². The third kappa shape index (κ3) is 3.69. The minimum atomic E-state index is -0.0139. The fourth-order valence-electron chi connectivity index (χ4n) is 2.87. The van der Waals surface area contributed by atoms with Crippen LogP contribution in [0, 0.1) is 11.8 Å². The molecule has 2 atom stereocenters. The van der Waals surface area contributed by atoms with Crippen molar-refractivity contribution < 1.29 is 4.79 Å². The lowest BCUT2D eigenvalue weighted by molar-refractivity contribution is -0.125. The Morgan fingerprint density at radius 3 is 2.67 bits per heavy atom. The summed E-state index contributed by atoms with van der Waals surface area (Å²) < 4.78 is 0. The van der Waals surface area contributed by atoms with E-state index in [9.17, 15) is 4.79 Å². The molecule has 0 aromatic rings. The smallest absolute Gasteiger partial charge is 0.224 e. The number of likely N-dealkylation sites (tertiary alicyclic amines) is 1. The second-order valence-electron chi connectivity index (χ2n) is 6.28. The number of nitrogens with two attached hydrogens (primary N) is 1. The monoisotopic (exact) mass is 253 g/mol. The molecule has 4 nitrogen and oxygen atoms in total. The molecule has 1 amide bonds. The van der Waals surface area contributed by atoms with Gasteiger partial charge in [0.25, 0.3) is 0 Å². The molecule has 0 aromatic carbocycles. The number of carbonyl (C=O) groups is 1. The van der Waals surface area contributed by atoms with Crippen molar-refractivity contribution in [2.45, 2.75) is 51.6 Å². The Kier molecular flexibility index (Phi) is 4.62. The molecular weight excluding hydrogens is 226 g/mol. The molecule has 2 aliphatic rings. The summed E-state index contributed by atoms with van der Waals surface area (Å²) in [6, 6.07) is 1.16. The molecule has 18 heavy (non-hydrogen) atoms. The number of carbonyl (C=O) groups excluding carboxylic acids is 1. The fraction of sp³-hybridized carbons (Fsp3) is 0.929. The van der Waals surface area contributed by atoms with Gasteiger partial charge < -0.3 is 11.1 Å². The lowest BCUT2D eigenvalue weighted by atomic mass is 9.96. The number of hydrogen-bond donors (Lipinski definition) is 2. The zero-order valence-corrected chi connectivity index (χ0v) is 11.7. The number of amides is 1. The van der Waals surface area contributed by atoms with Gasteiger partial charge in [-0.25, -0.2) is 0 Å². The molecule has 2 rings (SSSR count). The molecule has 1 aliphatic carbocycles. The van der Waals surface area contributed by atoms with Crippen molar-refractivity contribution in [1.82, 2.24) is 10.2 Å². The predicted octanol–water partition coefficient (Wildman–Crippen LogP) is 0.960. The van der Waals surface area contributed by atoms with Crippen molar-refractivity contribution in [2.75, 3.05) is 19.6 Å². The van der Waals surface area contributed by atoms with E-state index in [4.69, 9.17) is 5.73 Å². The van der Waals surface area contributed by atoms with Gasteiger partial charge in [-0.3, -0.25) is 9.69 Å². The van der Waals surface area contributed by atoms with E-state index in [0.717, 1.165) is 32.0 Å². The van der Waals surface area contributed by atoms with Gasteiger partial charge in [0.15, 0.2) is 0 Å². The van der Waals surface area contributed by atoms with Crippen LogP contribution in [0.5, 0.6) is 0 Å². The molecule has 1 saturated heterocycles. The van der Waals surface area contributed by atoms with Crippen LogP contribution in [0.2, 0.25) is 0 Å². The average molecular weight is 253 g/mol. The highest BCUT2D eigenvalue weighted by Crippen LogP contribution is 2.29. The van der Waals surface area contributed by atoms with Gasteiger partial charge in [0.2, 0.25) is 5.91 Å². The van der Waals surface area contributed by atoms with Gasteiger partial charge in [-0.15, -0.1) is 0 Å². The van der Waals surface area contributed by atoms with Crippen LogP contribution in [0.15, 0.2) is 0 Å². The van der Waals surface area contributed by atoms with Crippen molar-refractivity contribution in [3.8, 4) is 0 Å². The van der Waals surface area contributed by atoms with Crippen LogP contribution in [-0.4, -0.2) is 42.5 Å². The van der Waals surface area contributed by atoms with Gasteiger partial charge in [0.1, 0.15) is 0 Å². The Morgan fingerprint density at radius 2 is 2.11 bits per heavy atom. The van der Waals surface area contributed by atoms with Crippen molar-refractivity contribution in [3.63, 3.8) is 0 Å². The van der Waals surface area contributed by atoms with E-state index in [1.54, 1.807) is 0 Å². The quantitative estimate of drug-likeness (QED) is 0.741. The lowest BCUT2D eigenvalue weighted by Gasteiger charge is -2.20. The van der Waals surface area contributed by atoms with Crippen molar-refractivity contribution in [3.05, 3.63) is 0 Å². The normalized spacial score (nSPS) is 26.6. The zero-order valence-electron chi connectivity index (χ0n) is 11.7. The van der Waals surface area contributed by atoms with Crippen LogP contribution in [0.25, 0.3) is 0 Å². The topological polar surface area (TPSA) is 58.4 Å². The summed E-state index contributed by atoms with van der Waals surface area (Å²) in [4.78, 5) is 14.7. The predicted molar refractivity (Wildman–Crippen MR) is 73.1 cm³/mol. The van der Waals surface area contributed by atoms with Gasteiger partial charge in [0, 0.05) is 31.7 Å². The zero-order chi connectivity index (χ0) is 13.1. The molecule has 1 heterocycles. The van der Waals surface area contributed by atoms with Crippen LogP contribution >= 0.6 is 0 Å². The highest BCUT2D eigenvalue weighted by atomic mass is 16.2. The number of hydrogen-bond acceptors (Lipinski definition) is 3. The molecule has 4 heteroatoms. The first-order valence-electron chi connectivity index (χ1n) is 7.34. The third-order valence-corrected chi connectivity index (χ3v) is 4.04. The molecule has 0 aromatic heterocycles. The Labute approximate surface area is 110 Å². The van der Waals surface area contributed by atoms with E-state index in [-0.39, 0.29) is 11.8 Å². The fourth-order valence-corrected chi connectivity index (χ4v) is 2.87. The SMILES string of the molecule is CC(C)CC(CN)C(=O)NC1CCN(C2CC2)C1. The first kappa shape index (κ1) is 13.8. The summed E-state index contributed by atoms with van der Waals surface area (Å²) in [6.07, 6.45) is 4.68. The van der Waals surface area contributed by atoms with Crippen molar-refractivity contribution in [1.29, 1.82) is 0 Å². The minimum absolute atomic E-state index is 0.0139.